The Labute approximate surface area is 172 Å². The molecule has 2 aromatic heterocycles. The minimum Gasteiger partial charge on any atom is -0.450 e. The molecule has 5 rings (SSSR count). The van der Waals surface area contributed by atoms with E-state index in [0.29, 0.717) is 20.7 Å². The van der Waals surface area contributed by atoms with Crippen molar-refractivity contribution in [3.05, 3.63) is 85.4 Å². The predicted octanol–water partition coefficient (Wildman–Crippen LogP) is 4.50. The van der Waals surface area contributed by atoms with Crippen LogP contribution in [0, 0.1) is 12.7 Å². The Morgan fingerprint density at radius 3 is 2.59 bits per heavy atom. The maximum atomic E-state index is 13.5. The number of benzene rings is 2. The van der Waals surface area contributed by atoms with Crippen LogP contribution in [0.5, 0.6) is 0 Å². The van der Waals surface area contributed by atoms with Gasteiger partial charge in [0.25, 0.3) is 5.91 Å². The Morgan fingerprint density at radius 1 is 1.14 bits per heavy atom. The highest BCUT2D eigenvalue weighted by molar-refractivity contribution is 7.15. The molecule has 6 nitrogen and oxygen atoms in total. The highest BCUT2D eigenvalue weighted by atomic mass is 35.5. The van der Waals surface area contributed by atoms with Gasteiger partial charge in [-0.2, -0.15) is 0 Å². The second-order valence-electron chi connectivity index (χ2n) is 6.55. The number of hydrogen-bond acceptors (Lipinski definition) is 6. The highest BCUT2D eigenvalue weighted by Gasteiger charge is 2.45. The summed E-state index contributed by atoms with van der Waals surface area (Å²) in [7, 11) is 0. The van der Waals surface area contributed by atoms with Gasteiger partial charge in [0, 0.05) is 5.02 Å². The summed E-state index contributed by atoms with van der Waals surface area (Å²) in [6.07, 6.45) is 0. The molecule has 0 saturated heterocycles. The van der Waals surface area contributed by atoms with E-state index in [9.17, 15) is 14.0 Å². The van der Waals surface area contributed by atoms with Crippen LogP contribution in [-0.4, -0.2) is 16.1 Å². The number of aryl methyl sites for hydroxylation is 1. The summed E-state index contributed by atoms with van der Waals surface area (Å²) >= 11 is 7.27. The molecule has 1 unspecified atom stereocenters. The lowest BCUT2D eigenvalue weighted by Crippen LogP contribution is -2.29. The first-order chi connectivity index (χ1) is 13.9. The number of anilines is 1. The van der Waals surface area contributed by atoms with Gasteiger partial charge >= 0.3 is 0 Å². The molecular weight excluding hydrogens is 417 g/mol. The van der Waals surface area contributed by atoms with Gasteiger partial charge in [0.15, 0.2) is 5.43 Å². The van der Waals surface area contributed by atoms with Gasteiger partial charge in [-0.1, -0.05) is 35.1 Å². The van der Waals surface area contributed by atoms with E-state index in [1.54, 1.807) is 19.1 Å². The van der Waals surface area contributed by atoms with E-state index in [-0.39, 0.29) is 27.7 Å². The molecule has 1 aliphatic rings. The first kappa shape index (κ1) is 18.0. The Bertz CT molecular complexity index is 1350. The van der Waals surface area contributed by atoms with Crippen LogP contribution in [0.2, 0.25) is 5.02 Å². The monoisotopic (exact) mass is 427 g/mol. The van der Waals surface area contributed by atoms with E-state index < -0.39 is 17.8 Å². The predicted molar refractivity (Wildman–Crippen MR) is 107 cm³/mol. The van der Waals surface area contributed by atoms with Gasteiger partial charge in [-0.25, -0.2) is 4.39 Å². The van der Waals surface area contributed by atoms with E-state index in [2.05, 4.69) is 10.2 Å². The van der Waals surface area contributed by atoms with Crippen molar-refractivity contribution in [2.45, 2.75) is 13.0 Å². The zero-order valence-electron chi connectivity index (χ0n) is 14.8. The first-order valence-corrected chi connectivity index (χ1v) is 9.79. The molecule has 2 aromatic carbocycles. The van der Waals surface area contributed by atoms with Crippen LogP contribution in [0.15, 0.2) is 51.7 Å². The first-order valence-electron chi connectivity index (χ1n) is 8.59. The fraction of sp³-hybridized carbons (Fsp3) is 0.100. The molecule has 4 aromatic rings. The average molecular weight is 428 g/mol. The van der Waals surface area contributed by atoms with Gasteiger partial charge in [-0.3, -0.25) is 14.5 Å². The molecule has 0 saturated carbocycles. The molecule has 9 heteroatoms. The smallest absolute Gasteiger partial charge is 0.297 e. The fourth-order valence-electron chi connectivity index (χ4n) is 3.49. The number of amides is 1. The minimum atomic E-state index is -0.815. The van der Waals surface area contributed by atoms with Crippen molar-refractivity contribution in [1.82, 2.24) is 10.2 Å². The van der Waals surface area contributed by atoms with Crippen LogP contribution in [0.25, 0.3) is 11.0 Å². The maximum Gasteiger partial charge on any atom is 0.297 e. The van der Waals surface area contributed by atoms with Gasteiger partial charge < -0.3 is 4.42 Å². The molecule has 0 aliphatic carbocycles. The number of carbonyl (C=O) groups excluding carboxylic acids is 1. The summed E-state index contributed by atoms with van der Waals surface area (Å²) in [5.74, 6) is -0.986. The number of carbonyl (C=O) groups is 1. The molecule has 1 aliphatic heterocycles. The minimum absolute atomic E-state index is 0.0630. The summed E-state index contributed by atoms with van der Waals surface area (Å²) in [6, 6.07) is 9.45. The third-order valence-corrected chi connectivity index (χ3v) is 5.81. The SMILES string of the molecule is Cc1nnc(N2C(=O)c3oc4ccc(Cl)cc4c(=O)c3C2c2ccc(F)cc2)s1. The van der Waals surface area contributed by atoms with Crippen molar-refractivity contribution in [1.29, 1.82) is 0 Å². The highest BCUT2D eigenvalue weighted by Crippen LogP contribution is 2.42. The van der Waals surface area contributed by atoms with Gasteiger partial charge in [0.2, 0.25) is 10.9 Å². The van der Waals surface area contributed by atoms with Crippen molar-refractivity contribution >= 4 is 44.9 Å². The normalized spacial score (nSPS) is 15.9. The molecule has 0 fully saturated rings. The second-order valence-corrected chi connectivity index (χ2v) is 8.14. The standard InChI is InChI=1S/C20H11ClFN3O3S/c1-9-23-24-20(29-9)25-16(10-2-5-12(22)6-3-10)15-17(26)13-8-11(21)4-7-14(13)28-18(15)19(25)27/h2-8,16H,1H3. The van der Waals surface area contributed by atoms with Crippen LogP contribution in [0.4, 0.5) is 9.52 Å². The molecule has 1 atom stereocenters. The van der Waals surface area contributed by atoms with E-state index in [1.165, 1.54) is 46.6 Å². The Balaban J connectivity index is 1.83. The molecule has 3 heterocycles. The van der Waals surface area contributed by atoms with Crippen molar-refractivity contribution in [2.75, 3.05) is 4.90 Å². The lowest BCUT2D eigenvalue weighted by Gasteiger charge is -2.22. The topological polar surface area (TPSA) is 76.3 Å². The molecule has 0 spiro atoms. The number of hydrogen-bond donors (Lipinski definition) is 0. The second kappa shape index (κ2) is 6.47. The summed E-state index contributed by atoms with van der Waals surface area (Å²) < 4.78 is 19.3. The Kier molecular flexibility index (Phi) is 4.01. The molecule has 0 N–H and O–H groups in total. The fourth-order valence-corrected chi connectivity index (χ4v) is 4.37. The molecule has 0 bridgehead atoms. The molecule has 144 valence electrons. The van der Waals surface area contributed by atoms with Gasteiger partial charge in [-0.15, -0.1) is 10.2 Å². The third kappa shape index (κ3) is 2.75. The van der Waals surface area contributed by atoms with Gasteiger partial charge in [0.05, 0.1) is 17.0 Å². The van der Waals surface area contributed by atoms with Crippen molar-refractivity contribution in [3.8, 4) is 0 Å². The molecule has 1 amide bonds. The van der Waals surface area contributed by atoms with Gasteiger partial charge in [0.1, 0.15) is 16.4 Å². The molecular formula is C20H11ClFN3O3S. The number of nitrogens with zero attached hydrogens (tertiary/aromatic N) is 3. The lowest BCUT2D eigenvalue weighted by molar-refractivity contribution is 0.0970. The summed E-state index contributed by atoms with van der Waals surface area (Å²) in [5, 5.41) is 9.69. The van der Waals surface area contributed by atoms with Crippen LogP contribution < -0.4 is 10.3 Å². The zero-order chi connectivity index (χ0) is 20.3. The zero-order valence-corrected chi connectivity index (χ0v) is 16.4. The summed E-state index contributed by atoms with van der Waals surface area (Å²) in [6.45, 7) is 1.77. The van der Waals surface area contributed by atoms with Crippen LogP contribution in [-0.2, 0) is 0 Å². The largest absolute Gasteiger partial charge is 0.450 e. The Morgan fingerprint density at radius 2 is 1.90 bits per heavy atom. The van der Waals surface area contributed by atoms with Crippen molar-refractivity contribution in [2.24, 2.45) is 0 Å². The molecule has 0 radical (unpaired) electrons. The number of aromatic nitrogens is 2. The van der Waals surface area contributed by atoms with Gasteiger partial charge in [-0.05, 0) is 42.8 Å². The van der Waals surface area contributed by atoms with Crippen LogP contribution >= 0.6 is 22.9 Å². The third-order valence-electron chi connectivity index (χ3n) is 4.74. The van der Waals surface area contributed by atoms with E-state index in [4.69, 9.17) is 16.0 Å². The summed E-state index contributed by atoms with van der Waals surface area (Å²) in [4.78, 5) is 28.0. The van der Waals surface area contributed by atoms with E-state index >= 15 is 0 Å². The van der Waals surface area contributed by atoms with Crippen LogP contribution in [0.3, 0.4) is 0 Å². The molecule has 29 heavy (non-hydrogen) atoms. The Hall–Kier alpha value is -3.10. The lowest BCUT2D eigenvalue weighted by atomic mass is 9.99. The van der Waals surface area contributed by atoms with E-state index in [0.717, 1.165) is 0 Å². The number of halogens is 2. The maximum absolute atomic E-state index is 13.5. The van der Waals surface area contributed by atoms with E-state index in [1.807, 2.05) is 0 Å². The number of rotatable bonds is 2. The quantitative estimate of drug-likeness (QED) is 0.471. The van der Waals surface area contributed by atoms with Crippen molar-refractivity contribution < 1.29 is 13.6 Å². The number of fused-ring (bicyclic) bond motifs is 2. The average Bonchev–Trinajstić information content (AvgIpc) is 3.25. The summed E-state index contributed by atoms with van der Waals surface area (Å²) in [5.41, 5.74) is 0.624. The van der Waals surface area contributed by atoms with Crippen molar-refractivity contribution in [3.63, 3.8) is 0 Å². The van der Waals surface area contributed by atoms with Crippen LogP contribution in [0.1, 0.15) is 32.7 Å².